The van der Waals surface area contributed by atoms with E-state index in [1.807, 2.05) is 28.8 Å². The van der Waals surface area contributed by atoms with Crippen molar-refractivity contribution in [1.82, 2.24) is 9.21 Å². The van der Waals surface area contributed by atoms with Gasteiger partial charge in [-0.1, -0.05) is 0 Å². The van der Waals surface area contributed by atoms with Gasteiger partial charge in [-0.2, -0.15) is 11.8 Å². The Morgan fingerprint density at radius 2 is 1.88 bits per heavy atom. The molecule has 2 saturated heterocycles. The van der Waals surface area contributed by atoms with E-state index in [2.05, 4.69) is 0 Å². The summed E-state index contributed by atoms with van der Waals surface area (Å²) in [4.78, 5) is 14.7. The van der Waals surface area contributed by atoms with Crippen LogP contribution < -0.4 is 0 Å². The summed E-state index contributed by atoms with van der Waals surface area (Å²) < 4.78 is 30.0. The molecule has 2 fully saturated rings. The molecule has 1 aromatic rings. The monoisotopic (exact) mass is 400 g/mol. The van der Waals surface area contributed by atoms with Gasteiger partial charge in [0, 0.05) is 32.1 Å². The smallest absolute Gasteiger partial charge is 0.225 e. The molecule has 0 saturated carbocycles. The van der Waals surface area contributed by atoms with Gasteiger partial charge in [-0.25, -0.2) is 12.7 Å². The summed E-state index contributed by atoms with van der Waals surface area (Å²) in [5.74, 6) is 3.90. The number of nitrogens with zero attached hydrogens (tertiary/aromatic N) is 2. The van der Waals surface area contributed by atoms with Crippen molar-refractivity contribution >= 4 is 27.7 Å². The summed E-state index contributed by atoms with van der Waals surface area (Å²) in [6.45, 7) is 2.60. The molecule has 0 spiro atoms. The number of piperidine rings is 2. The first-order valence-electron chi connectivity index (χ1n) is 9.27. The average molecular weight is 401 g/mol. The molecule has 0 atom stereocenters. The van der Waals surface area contributed by atoms with E-state index in [1.54, 1.807) is 6.26 Å². The minimum atomic E-state index is -3.13. The fraction of sp³-hybridized carbons (Fsp3) is 0.722. The summed E-state index contributed by atoms with van der Waals surface area (Å²) >= 11 is 1.90. The van der Waals surface area contributed by atoms with Crippen molar-refractivity contribution in [3.8, 4) is 0 Å². The molecule has 0 unspecified atom stereocenters. The number of thioether (sulfide) groups is 1. The molecule has 1 amide bonds. The lowest BCUT2D eigenvalue weighted by Crippen LogP contribution is -2.46. The molecule has 146 valence electrons. The van der Waals surface area contributed by atoms with Crippen molar-refractivity contribution < 1.29 is 17.6 Å². The third-order valence-electron chi connectivity index (χ3n) is 5.38. The first-order valence-corrected chi connectivity index (χ1v) is 12.3. The number of carbonyl (C=O) groups excluding carboxylic acids is 1. The van der Waals surface area contributed by atoms with E-state index in [-0.39, 0.29) is 11.8 Å². The van der Waals surface area contributed by atoms with Gasteiger partial charge in [0.25, 0.3) is 0 Å². The molecule has 8 heteroatoms. The van der Waals surface area contributed by atoms with Gasteiger partial charge in [-0.15, -0.1) is 0 Å². The Balaban J connectivity index is 1.37. The Morgan fingerprint density at radius 3 is 2.46 bits per heavy atom. The fourth-order valence-electron chi connectivity index (χ4n) is 3.73. The quantitative estimate of drug-likeness (QED) is 0.733. The van der Waals surface area contributed by atoms with Crippen LogP contribution in [0, 0.1) is 11.8 Å². The Kier molecular flexibility index (Phi) is 6.69. The van der Waals surface area contributed by atoms with Crippen molar-refractivity contribution in [1.29, 1.82) is 0 Å². The van der Waals surface area contributed by atoms with Crippen molar-refractivity contribution in [2.75, 3.05) is 38.2 Å². The van der Waals surface area contributed by atoms with Crippen LogP contribution in [0.4, 0.5) is 0 Å². The van der Waals surface area contributed by atoms with E-state index in [9.17, 15) is 13.2 Å². The maximum absolute atomic E-state index is 12.7. The first-order chi connectivity index (χ1) is 12.4. The maximum Gasteiger partial charge on any atom is 0.225 e. The lowest BCUT2D eigenvalue weighted by Gasteiger charge is -2.36. The van der Waals surface area contributed by atoms with Crippen LogP contribution in [0.25, 0.3) is 0 Å². The predicted octanol–water partition coefficient (Wildman–Crippen LogP) is 2.42. The minimum absolute atomic E-state index is 0.0159. The number of hydrogen-bond acceptors (Lipinski definition) is 5. The largest absolute Gasteiger partial charge is 0.468 e. The van der Waals surface area contributed by atoms with Gasteiger partial charge in [0.2, 0.25) is 15.9 Å². The van der Waals surface area contributed by atoms with Crippen LogP contribution in [0.2, 0.25) is 0 Å². The molecule has 0 N–H and O–H groups in total. The Bertz CT molecular complexity index is 674. The molecule has 1 aromatic heterocycles. The number of hydrogen-bond donors (Lipinski definition) is 0. The molecule has 0 aromatic carbocycles. The maximum atomic E-state index is 12.7. The zero-order valence-electron chi connectivity index (χ0n) is 15.3. The molecule has 6 nitrogen and oxygen atoms in total. The number of amides is 1. The Morgan fingerprint density at radius 1 is 1.19 bits per heavy atom. The fourth-order valence-corrected chi connectivity index (χ4v) is 5.76. The van der Waals surface area contributed by atoms with Crippen LogP contribution in [0.3, 0.4) is 0 Å². The SMILES string of the molecule is CS(=O)(=O)N1CCC(C(=O)N2CCC(CSCc3ccco3)CC2)CC1. The van der Waals surface area contributed by atoms with Crippen LogP contribution >= 0.6 is 11.8 Å². The third-order valence-corrected chi connectivity index (χ3v) is 7.88. The molecule has 2 aliphatic rings. The van der Waals surface area contributed by atoms with Gasteiger partial charge in [0.05, 0.1) is 18.3 Å². The van der Waals surface area contributed by atoms with Crippen LogP contribution in [0.1, 0.15) is 31.4 Å². The van der Waals surface area contributed by atoms with Crippen LogP contribution in [-0.2, 0) is 20.6 Å². The van der Waals surface area contributed by atoms with Crippen LogP contribution in [0.15, 0.2) is 22.8 Å². The predicted molar refractivity (Wildman–Crippen MR) is 103 cm³/mol. The Labute approximate surface area is 160 Å². The van der Waals surface area contributed by atoms with Crippen molar-refractivity contribution in [2.45, 2.75) is 31.4 Å². The molecule has 3 rings (SSSR count). The zero-order chi connectivity index (χ0) is 18.6. The second-order valence-corrected chi connectivity index (χ2v) is 10.3. The van der Waals surface area contributed by atoms with E-state index in [0.29, 0.717) is 31.8 Å². The molecular formula is C18H28N2O4S2. The summed E-state index contributed by atoms with van der Waals surface area (Å²) in [6.07, 6.45) is 6.35. The lowest BCUT2D eigenvalue weighted by atomic mass is 9.93. The number of carbonyl (C=O) groups is 1. The number of likely N-dealkylation sites (tertiary alicyclic amines) is 1. The summed E-state index contributed by atoms with van der Waals surface area (Å²) in [6, 6.07) is 3.92. The van der Waals surface area contributed by atoms with E-state index < -0.39 is 10.0 Å². The highest BCUT2D eigenvalue weighted by Gasteiger charge is 2.32. The first kappa shape index (κ1) is 19.8. The second kappa shape index (κ2) is 8.80. The third kappa shape index (κ3) is 5.27. The average Bonchev–Trinajstić information content (AvgIpc) is 3.15. The van der Waals surface area contributed by atoms with Crippen molar-refractivity contribution in [3.63, 3.8) is 0 Å². The molecule has 26 heavy (non-hydrogen) atoms. The second-order valence-electron chi connectivity index (χ2n) is 7.30. The Hall–Kier alpha value is -0.990. The van der Waals surface area contributed by atoms with Crippen molar-refractivity contribution in [2.24, 2.45) is 11.8 Å². The standard InChI is InChI=1S/C18H28N2O4S2/c1-26(22,23)20-10-6-16(7-11-20)18(21)19-8-4-15(5-9-19)13-25-14-17-3-2-12-24-17/h2-3,12,15-16H,4-11,13-14H2,1H3. The van der Waals surface area contributed by atoms with E-state index in [1.165, 1.54) is 10.6 Å². The van der Waals surface area contributed by atoms with Gasteiger partial charge in [-0.3, -0.25) is 4.79 Å². The van der Waals surface area contributed by atoms with Crippen LogP contribution in [-0.4, -0.2) is 61.7 Å². The lowest BCUT2D eigenvalue weighted by molar-refractivity contribution is -0.138. The molecule has 0 bridgehead atoms. The highest BCUT2D eigenvalue weighted by Crippen LogP contribution is 2.27. The number of sulfonamides is 1. The minimum Gasteiger partial charge on any atom is -0.468 e. The number of rotatable bonds is 6. The van der Waals surface area contributed by atoms with Gasteiger partial charge >= 0.3 is 0 Å². The van der Waals surface area contributed by atoms with Gasteiger partial charge < -0.3 is 9.32 Å². The van der Waals surface area contributed by atoms with Gasteiger partial charge in [0.1, 0.15) is 5.76 Å². The highest BCUT2D eigenvalue weighted by molar-refractivity contribution is 7.98. The van der Waals surface area contributed by atoms with Gasteiger partial charge in [0.15, 0.2) is 0 Å². The van der Waals surface area contributed by atoms with E-state index in [0.717, 1.165) is 43.2 Å². The summed E-state index contributed by atoms with van der Waals surface area (Å²) in [7, 11) is -3.13. The van der Waals surface area contributed by atoms with Gasteiger partial charge in [-0.05, 0) is 49.5 Å². The van der Waals surface area contributed by atoms with E-state index in [4.69, 9.17) is 4.42 Å². The molecule has 2 aliphatic heterocycles. The zero-order valence-corrected chi connectivity index (χ0v) is 16.9. The number of furan rings is 1. The highest BCUT2D eigenvalue weighted by atomic mass is 32.2. The molecule has 0 radical (unpaired) electrons. The van der Waals surface area contributed by atoms with Crippen LogP contribution in [0.5, 0.6) is 0 Å². The van der Waals surface area contributed by atoms with Crippen molar-refractivity contribution in [3.05, 3.63) is 24.2 Å². The molecule has 3 heterocycles. The summed E-state index contributed by atoms with van der Waals surface area (Å²) in [5.41, 5.74) is 0. The molecule has 0 aliphatic carbocycles. The normalized spacial score (nSPS) is 21.2. The summed E-state index contributed by atoms with van der Waals surface area (Å²) in [5, 5.41) is 0. The topological polar surface area (TPSA) is 70.8 Å². The van der Waals surface area contributed by atoms with E-state index >= 15 is 0 Å². The molecular weight excluding hydrogens is 372 g/mol.